The minimum absolute atomic E-state index is 0.168. The Balaban J connectivity index is 1.53. The van der Waals surface area contributed by atoms with E-state index in [1.165, 1.54) is 23.5 Å². The quantitative estimate of drug-likeness (QED) is 0.173. The van der Waals surface area contributed by atoms with Gasteiger partial charge < -0.3 is 16.0 Å². The van der Waals surface area contributed by atoms with E-state index in [1.54, 1.807) is 35.5 Å². The van der Waals surface area contributed by atoms with Gasteiger partial charge in [0.05, 0.1) is 6.04 Å². The lowest BCUT2D eigenvalue weighted by molar-refractivity contribution is 0.0855. The van der Waals surface area contributed by atoms with Crippen molar-refractivity contribution in [3.63, 3.8) is 0 Å². The highest BCUT2D eigenvalue weighted by Crippen LogP contribution is 2.21. The number of thiol groups is 1. The van der Waals surface area contributed by atoms with E-state index in [2.05, 4.69) is 33.6 Å². The maximum absolute atomic E-state index is 13.6. The Hall–Kier alpha value is -2.40. The topological polar surface area (TPSA) is 83.1 Å². The lowest BCUT2D eigenvalue weighted by atomic mass is 9.98. The standard InChI is InChI=1S/C28H33FN4O2S3/c1-37-12-10-25(26(34)28-30-11-13-38-28)33-27(35)24-15-21(31-16-22-14-23(36)17-32-22)9-6-19(24)5-2-18-3-7-20(29)8-4-18/h3-4,6-9,11,13,15,22-23,25,31-32,36H,2,5,10,12,14,16-17H2,1H3,(H,33,35)/t22-,23-,25?/m0/s1. The fraction of sp³-hybridized carbons (Fsp3) is 0.393. The Morgan fingerprint density at radius 3 is 2.74 bits per heavy atom. The number of Topliss-reactive ketones (excluding diaryl/α,β-unsaturated/α-hetero) is 1. The fourth-order valence-corrected chi connectivity index (χ4v) is 5.94. The average Bonchev–Trinajstić information content (AvgIpc) is 3.61. The summed E-state index contributed by atoms with van der Waals surface area (Å²) >= 11 is 7.46. The summed E-state index contributed by atoms with van der Waals surface area (Å²) in [4.78, 5) is 30.9. The molecule has 0 saturated carbocycles. The second kappa shape index (κ2) is 14.1. The second-order valence-electron chi connectivity index (χ2n) is 9.38. The molecule has 2 aromatic carbocycles. The van der Waals surface area contributed by atoms with E-state index in [4.69, 9.17) is 0 Å². The zero-order valence-electron chi connectivity index (χ0n) is 21.3. The molecule has 0 spiro atoms. The molecule has 4 rings (SSSR count). The highest BCUT2D eigenvalue weighted by molar-refractivity contribution is 7.98. The third-order valence-electron chi connectivity index (χ3n) is 6.58. The smallest absolute Gasteiger partial charge is 0.252 e. The van der Waals surface area contributed by atoms with E-state index in [9.17, 15) is 14.0 Å². The van der Waals surface area contributed by atoms with Crippen LogP contribution in [0.4, 0.5) is 10.1 Å². The van der Waals surface area contributed by atoms with Gasteiger partial charge in [-0.15, -0.1) is 11.3 Å². The number of thiazole rings is 1. The summed E-state index contributed by atoms with van der Waals surface area (Å²) in [6.07, 6.45) is 6.35. The number of carbonyl (C=O) groups excluding carboxylic acids is 2. The minimum Gasteiger partial charge on any atom is -0.383 e. The largest absolute Gasteiger partial charge is 0.383 e. The fourth-order valence-electron chi connectivity index (χ4n) is 4.47. The van der Waals surface area contributed by atoms with Crippen molar-refractivity contribution in [2.75, 3.05) is 30.4 Å². The monoisotopic (exact) mass is 572 g/mol. The average molecular weight is 573 g/mol. The summed E-state index contributed by atoms with van der Waals surface area (Å²) in [6.45, 7) is 1.61. The Morgan fingerprint density at radius 2 is 2.05 bits per heavy atom. The Morgan fingerprint density at radius 1 is 1.24 bits per heavy atom. The summed E-state index contributed by atoms with van der Waals surface area (Å²) in [5.74, 6) is 0.0134. The molecular weight excluding hydrogens is 540 g/mol. The van der Waals surface area contributed by atoms with Gasteiger partial charge in [-0.2, -0.15) is 24.4 Å². The van der Waals surface area contributed by atoms with Crippen LogP contribution in [-0.2, 0) is 12.8 Å². The van der Waals surface area contributed by atoms with Crippen molar-refractivity contribution in [1.82, 2.24) is 15.6 Å². The Bertz CT molecular complexity index is 1210. The lowest BCUT2D eigenvalue weighted by Crippen LogP contribution is -2.41. The van der Waals surface area contributed by atoms with Crippen molar-refractivity contribution >= 4 is 53.1 Å². The molecule has 3 atom stereocenters. The first-order chi connectivity index (χ1) is 18.4. The number of ketones is 1. The Labute approximate surface area is 237 Å². The van der Waals surface area contributed by atoms with Crippen LogP contribution < -0.4 is 16.0 Å². The molecule has 1 amide bonds. The molecule has 0 aliphatic carbocycles. The van der Waals surface area contributed by atoms with Gasteiger partial charge in [0.25, 0.3) is 5.91 Å². The van der Waals surface area contributed by atoms with Crippen LogP contribution >= 0.6 is 35.7 Å². The number of carbonyl (C=O) groups is 2. The van der Waals surface area contributed by atoms with E-state index in [-0.39, 0.29) is 17.5 Å². The van der Waals surface area contributed by atoms with E-state index in [0.29, 0.717) is 41.1 Å². The van der Waals surface area contributed by atoms with Gasteiger partial charge in [-0.1, -0.05) is 18.2 Å². The SMILES string of the molecule is CSCCC(NC(=O)c1cc(NC[C@@H]2C[C@H](S)CN2)ccc1CCc1ccc(F)cc1)C(=O)c1nccs1. The van der Waals surface area contributed by atoms with Crippen LogP contribution in [0.3, 0.4) is 0 Å². The molecule has 1 fully saturated rings. The second-order valence-corrected chi connectivity index (χ2v) is 12.0. The van der Waals surface area contributed by atoms with Crippen LogP contribution in [-0.4, -0.2) is 59.1 Å². The number of halogens is 1. The van der Waals surface area contributed by atoms with Crippen LogP contribution in [0.15, 0.2) is 54.0 Å². The summed E-state index contributed by atoms with van der Waals surface area (Å²) in [5.41, 5.74) is 3.24. The number of aromatic nitrogens is 1. The predicted molar refractivity (Wildman–Crippen MR) is 159 cm³/mol. The van der Waals surface area contributed by atoms with Crippen LogP contribution in [0.1, 0.15) is 44.1 Å². The van der Waals surface area contributed by atoms with Crippen LogP contribution in [0.25, 0.3) is 0 Å². The molecule has 1 aliphatic heterocycles. The molecule has 2 heterocycles. The molecule has 1 saturated heterocycles. The first-order valence-corrected chi connectivity index (χ1v) is 15.5. The molecule has 0 radical (unpaired) electrons. The van der Waals surface area contributed by atoms with Gasteiger partial charge in [0.15, 0.2) is 5.01 Å². The first kappa shape index (κ1) is 28.6. The number of hydrogen-bond acceptors (Lipinski definition) is 8. The van der Waals surface area contributed by atoms with Gasteiger partial charge in [0, 0.05) is 47.2 Å². The summed E-state index contributed by atoms with van der Waals surface area (Å²) in [7, 11) is 0. The van der Waals surface area contributed by atoms with E-state index in [0.717, 1.165) is 42.1 Å². The number of nitrogens with one attached hydrogen (secondary N) is 3. The van der Waals surface area contributed by atoms with E-state index >= 15 is 0 Å². The number of rotatable bonds is 13. The normalized spacial score (nSPS) is 17.8. The number of amides is 1. The lowest BCUT2D eigenvalue weighted by Gasteiger charge is -2.19. The highest BCUT2D eigenvalue weighted by Gasteiger charge is 2.26. The van der Waals surface area contributed by atoms with Crippen LogP contribution in [0.2, 0.25) is 0 Å². The molecule has 38 heavy (non-hydrogen) atoms. The maximum Gasteiger partial charge on any atom is 0.252 e. The number of anilines is 1. The van der Waals surface area contributed by atoms with Crippen molar-refractivity contribution < 1.29 is 14.0 Å². The molecule has 3 aromatic rings. The zero-order valence-corrected chi connectivity index (χ0v) is 23.8. The number of hydrogen-bond donors (Lipinski definition) is 4. The molecule has 1 unspecified atom stereocenters. The van der Waals surface area contributed by atoms with Gasteiger partial charge in [0.2, 0.25) is 5.78 Å². The van der Waals surface area contributed by atoms with Gasteiger partial charge in [0.1, 0.15) is 5.82 Å². The first-order valence-electron chi connectivity index (χ1n) is 12.7. The summed E-state index contributed by atoms with van der Waals surface area (Å²) < 4.78 is 13.3. The molecule has 0 bridgehead atoms. The molecule has 1 aliphatic rings. The molecule has 6 nitrogen and oxygen atoms in total. The number of nitrogens with zero attached hydrogens (tertiary/aromatic N) is 1. The Kier molecular flexibility index (Phi) is 10.6. The molecular formula is C28H33FN4O2S3. The molecule has 1 aromatic heterocycles. The van der Waals surface area contributed by atoms with Gasteiger partial charge in [-0.25, -0.2) is 9.37 Å². The van der Waals surface area contributed by atoms with Crippen LogP contribution in [0, 0.1) is 5.82 Å². The van der Waals surface area contributed by atoms with Gasteiger partial charge in [-0.05, 0) is 73.1 Å². The van der Waals surface area contributed by atoms with Crippen molar-refractivity contribution in [2.24, 2.45) is 0 Å². The van der Waals surface area contributed by atoms with Gasteiger partial charge >= 0.3 is 0 Å². The number of thioether (sulfide) groups is 1. The van der Waals surface area contributed by atoms with E-state index in [1.807, 2.05) is 24.5 Å². The third-order valence-corrected chi connectivity index (χ3v) is 8.40. The highest BCUT2D eigenvalue weighted by atomic mass is 32.2. The minimum atomic E-state index is -0.655. The van der Waals surface area contributed by atoms with Crippen molar-refractivity contribution in [2.45, 2.75) is 43.0 Å². The van der Waals surface area contributed by atoms with E-state index < -0.39 is 6.04 Å². The van der Waals surface area contributed by atoms with Gasteiger partial charge in [-0.3, -0.25) is 9.59 Å². The summed E-state index contributed by atoms with van der Waals surface area (Å²) in [5, 5.41) is 12.4. The molecule has 3 N–H and O–H groups in total. The number of benzene rings is 2. The third kappa shape index (κ3) is 8.05. The zero-order chi connectivity index (χ0) is 26.9. The number of aryl methyl sites for hydroxylation is 2. The molecule has 202 valence electrons. The van der Waals surface area contributed by atoms with Crippen molar-refractivity contribution in [3.8, 4) is 0 Å². The van der Waals surface area contributed by atoms with Crippen LogP contribution in [0.5, 0.6) is 0 Å². The molecule has 10 heteroatoms. The predicted octanol–water partition coefficient (Wildman–Crippen LogP) is 4.87. The maximum atomic E-state index is 13.6. The van der Waals surface area contributed by atoms with Crippen molar-refractivity contribution in [3.05, 3.63) is 81.6 Å². The van der Waals surface area contributed by atoms with Crippen molar-refractivity contribution in [1.29, 1.82) is 0 Å². The summed E-state index contributed by atoms with van der Waals surface area (Å²) in [6, 6.07) is 11.9.